The molecule has 1 rings (SSSR count). The van der Waals surface area contributed by atoms with E-state index in [-0.39, 0.29) is 0 Å². The number of hydrogen-bond acceptors (Lipinski definition) is 3. The lowest BCUT2D eigenvalue weighted by molar-refractivity contribution is 0.538. The predicted octanol–water partition coefficient (Wildman–Crippen LogP) is 10.4. The van der Waals surface area contributed by atoms with E-state index in [9.17, 15) is 0 Å². The Bertz CT molecular complexity index is 289. The summed E-state index contributed by atoms with van der Waals surface area (Å²) in [4.78, 5) is 0. The van der Waals surface area contributed by atoms with Crippen LogP contribution < -0.4 is 0 Å². The van der Waals surface area contributed by atoms with Crippen molar-refractivity contribution in [1.29, 1.82) is 0 Å². The molecule has 180 valence electrons. The van der Waals surface area contributed by atoms with E-state index in [1.54, 1.807) is 0 Å². The largest absolute Gasteiger partial charge is 0.159 e. The van der Waals surface area contributed by atoms with Crippen molar-refractivity contribution < 1.29 is 0 Å². The van der Waals surface area contributed by atoms with E-state index in [4.69, 9.17) is 0 Å². The van der Waals surface area contributed by atoms with Crippen molar-refractivity contribution in [1.82, 2.24) is 0 Å². The molecule has 0 bridgehead atoms. The van der Waals surface area contributed by atoms with Crippen LogP contribution in [-0.4, -0.2) is 33.0 Å². The second-order valence-corrected chi connectivity index (χ2v) is 13.7. The first-order valence-electron chi connectivity index (χ1n) is 13.6. The van der Waals surface area contributed by atoms with Crippen molar-refractivity contribution in [3.63, 3.8) is 0 Å². The lowest BCUT2D eigenvalue weighted by atomic mass is 9.99. The molecule has 0 saturated heterocycles. The van der Waals surface area contributed by atoms with E-state index in [0.717, 1.165) is 15.7 Å². The molecule has 0 amide bonds. The Labute approximate surface area is 204 Å². The molecule has 0 aliphatic heterocycles. The lowest BCUT2D eigenvalue weighted by Gasteiger charge is -2.34. The molecule has 0 aromatic heterocycles. The third-order valence-corrected chi connectivity index (χ3v) is 10.5. The maximum Gasteiger partial charge on any atom is 0.00681 e. The van der Waals surface area contributed by atoms with E-state index >= 15 is 0 Å². The highest BCUT2D eigenvalue weighted by molar-refractivity contribution is 8.01. The molecule has 0 aromatic rings. The smallest absolute Gasteiger partial charge is 0.00681 e. The van der Waals surface area contributed by atoms with Crippen molar-refractivity contribution in [3.8, 4) is 0 Å². The third-order valence-electron chi connectivity index (χ3n) is 6.38. The molecule has 0 N–H and O–H groups in total. The van der Waals surface area contributed by atoms with Crippen molar-refractivity contribution in [3.05, 3.63) is 0 Å². The molecule has 1 saturated carbocycles. The minimum atomic E-state index is 0.945. The predicted molar refractivity (Wildman–Crippen MR) is 149 cm³/mol. The molecule has 0 spiro atoms. The minimum Gasteiger partial charge on any atom is -0.159 e. The van der Waals surface area contributed by atoms with Crippen LogP contribution in [0.5, 0.6) is 0 Å². The average molecular weight is 475 g/mol. The van der Waals surface area contributed by atoms with Crippen LogP contribution in [0, 0.1) is 0 Å². The quantitative estimate of drug-likeness (QED) is 0.152. The second-order valence-electron chi connectivity index (χ2n) is 9.43. The molecule has 1 aliphatic carbocycles. The molecule has 0 aromatic carbocycles. The van der Waals surface area contributed by atoms with E-state index in [1.165, 1.54) is 133 Å². The van der Waals surface area contributed by atoms with Gasteiger partial charge in [0.1, 0.15) is 0 Å². The summed E-state index contributed by atoms with van der Waals surface area (Å²) in [5, 5.41) is 2.83. The highest BCUT2D eigenvalue weighted by Gasteiger charge is 2.29. The van der Waals surface area contributed by atoms with Crippen LogP contribution in [0.3, 0.4) is 0 Å². The topological polar surface area (TPSA) is 0 Å². The maximum atomic E-state index is 2.34. The highest BCUT2D eigenvalue weighted by Crippen LogP contribution is 2.40. The molecule has 3 heteroatoms. The monoisotopic (exact) mass is 474 g/mol. The Morgan fingerprint density at radius 2 is 0.667 bits per heavy atom. The van der Waals surface area contributed by atoms with Gasteiger partial charge in [0.2, 0.25) is 0 Å². The summed E-state index contributed by atoms with van der Waals surface area (Å²) in [6.45, 7) is 6.96. The van der Waals surface area contributed by atoms with Crippen LogP contribution in [0.1, 0.15) is 136 Å². The van der Waals surface area contributed by atoms with Crippen LogP contribution in [0.15, 0.2) is 0 Å². The van der Waals surface area contributed by atoms with Crippen LogP contribution in [0.2, 0.25) is 0 Å². The van der Waals surface area contributed by atoms with Crippen molar-refractivity contribution in [2.45, 2.75) is 152 Å². The maximum absolute atomic E-state index is 2.34. The highest BCUT2D eigenvalue weighted by atomic mass is 32.2. The summed E-state index contributed by atoms with van der Waals surface area (Å²) in [5.74, 6) is 4.24. The van der Waals surface area contributed by atoms with Gasteiger partial charge in [-0.15, -0.1) is 0 Å². The third kappa shape index (κ3) is 16.7. The molecular formula is C27H54S3. The summed E-state index contributed by atoms with van der Waals surface area (Å²) in [5.41, 5.74) is 0. The normalized spacial score (nSPS) is 21.9. The van der Waals surface area contributed by atoms with Gasteiger partial charge in [-0.05, 0) is 55.8 Å². The first-order valence-corrected chi connectivity index (χ1v) is 16.8. The molecule has 1 fully saturated rings. The number of unbranched alkanes of at least 4 members (excludes halogenated alkanes) is 12. The van der Waals surface area contributed by atoms with Crippen molar-refractivity contribution in [2.75, 3.05) is 17.3 Å². The minimum absolute atomic E-state index is 0.945. The Balaban J connectivity index is 2.29. The first kappa shape index (κ1) is 29.1. The fraction of sp³-hybridized carbons (Fsp3) is 1.00. The summed E-state index contributed by atoms with van der Waals surface area (Å²) >= 11 is 7.01. The SMILES string of the molecule is CCCCCCCSC1CC(SCCCCCCC)CC(SCCCCCCC)C1. The van der Waals surface area contributed by atoms with Gasteiger partial charge in [0.05, 0.1) is 0 Å². The fourth-order valence-corrected chi connectivity index (χ4v) is 9.13. The van der Waals surface area contributed by atoms with Gasteiger partial charge in [0.25, 0.3) is 0 Å². The molecule has 1 aliphatic rings. The Kier molecular flexibility index (Phi) is 21.2. The van der Waals surface area contributed by atoms with Gasteiger partial charge in [-0.1, -0.05) is 97.8 Å². The lowest BCUT2D eigenvalue weighted by Crippen LogP contribution is -2.29. The molecule has 0 nitrogen and oxygen atoms in total. The van der Waals surface area contributed by atoms with Crippen LogP contribution in [0.25, 0.3) is 0 Å². The summed E-state index contributed by atoms with van der Waals surface area (Å²) in [6.07, 6.45) is 26.0. The Morgan fingerprint density at radius 3 is 0.933 bits per heavy atom. The molecule has 0 heterocycles. The standard InChI is InChI=1S/C27H54S3/c1-4-7-10-13-16-19-28-25-22-26(29-20-17-14-11-8-5-2)24-27(23-25)30-21-18-15-12-9-6-3/h25-27H,4-24H2,1-3H3. The molecular weight excluding hydrogens is 420 g/mol. The molecule has 0 radical (unpaired) electrons. The van der Waals surface area contributed by atoms with Crippen LogP contribution in [-0.2, 0) is 0 Å². The van der Waals surface area contributed by atoms with Gasteiger partial charge in [0.15, 0.2) is 0 Å². The average Bonchev–Trinajstić information content (AvgIpc) is 2.75. The Morgan fingerprint density at radius 1 is 0.400 bits per heavy atom. The fourth-order valence-electron chi connectivity index (χ4n) is 4.44. The van der Waals surface area contributed by atoms with Gasteiger partial charge in [0, 0.05) is 15.7 Å². The summed E-state index contributed by atoms with van der Waals surface area (Å²) < 4.78 is 0. The zero-order chi connectivity index (χ0) is 21.7. The van der Waals surface area contributed by atoms with E-state index in [1.807, 2.05) is 0 Å². The molecule has 30 heavy (non-hydrogen) atoms. The van der Waals surface area contributed by atoms with Gasteiger partial charge in [-0.2, -0.15) is 35.3 Å². The van der Waals surface area contributed by atoms with Gasteiger partial charge >= 0.3 is 0 Å². The van der Waals surface area contributed by atoms with Gasteiger partial charge < -0.3 is 0 Å². The Hall–Kier alpha value is 1.05. The zero-order valence-corrected chi connectivity index (χ0v) is 23.3. The zero-order valence-electron chi connectivity index (χ0n) is 20.8. The van der Waals surface area contributed by atoms with E-state index in [2.05, 4.69) is 56.1 Å². The molecule has 0 unspecified atom stereocenters. The summed E-state index contributed by atoms with van der Waals surface area (Å²) in [6, 6.07) is 0. The second kappa shape index (κ2) is 21.9. The van der Waals surface area contributed by atoms with E-state index < -0.39 is 0 Å². The summed E-state index contributed by atoms with van der Waals surface area (Å²) in [7, 11) is 0. The van der Waals surface area contributed by atoms with Crippen LogP contribution >= 0.6 is 35.3 Å². The van der Waals surface area contributed by atoms with Crippen LogP contribution in [0.4, 0.5) is 0 Å². The van der Waals surface area contributed by atoms with E-state index in [0.29, 0.717) is 0 Å². The van der Waals surface area contributed by atoms with Crippen molar-refractivity contribution in [2.24, 2.45) is 0 Å². The number of thioether (sulfide) groups is 3. The number of hydrogen-bond donors (Lipinski definition) is 0. The number of rotatable bonds is 21. The van der Waals surface area contributed by atoms with Gasteiger partial charge in [-0.25, -0.2) is 0 Å². The van der Waals surface area contributed by atoms with Crippen molar-refractivity contribution >= 4 is 35.3 Å². The van der Waals surface area contributed by atoms with Gasteiger partial charge in [-0.3, -0.25) is 0 Å². The molecule has 0 atom stereocenters. The first-order chi connectivity index (χ1) is 14.8.